The smallest absolute Gasteiger partial charge is 0.243 e. The molecule has 1 saturated carbocycles. The normalized spacial score (nSPS) is 15.8. The third-order valence-electron chi connectivity index (χ3n) is 4.45. The molecule has 2 rings (SSSR count). The Bertz CT molecular complexity index is 720. The van der Waals surface area contributed by atoms with E-state index in [2.05, 4.69) is 5.32 Å². The first-order chi connectivity index (χ1) is 12.4. The second-order valence-electron chi connectivity index (χ2n) is 6.21. The largest absolute Gasteiger partial charge is 0.495 e. The van der Waals surface area contributed by atoms with E-state index in [1.807, 2.05) is 0 Å². The Hall–Kier alpha value is -1.35. The van der Waals surface area contributed by atoms with E-state index in [-0.39, 0.29) is 35.7 Å². The van der Waals surface area contributed by atoms with Crippen LogP contribution in [0.25, 0.3) is 0 Å². The van der Waals surface area contributed by atoms with Crippen LogP contribution in [0, 0.1) is 0 Å². The fourth-order valence-corrected chi connectivity index (χ4v) is 5.11. The average molecular weight is 405 g/mol. The SMILES string of the molecule is COc1ccc(S(=O)(=O)N(CC(=O)NCCO)C2CCCCC2)cc1Cl. The van der Waals surface area contributed by atoms with Gasteiger partial charge >= 0.3 is 0 Å². The summed E-state index contributed by atoms with van der Waals surface area (Å²) in [5, 5.41) is 11.6. The number of sulfonamides is 1. The van der Waals surface area contributed by atoms with Crippen LogP contribution >= 0.6 is 11.6 Å². The van der Waals surface area contributed by atoms with Crippen molar-refractivity contribution in [3.63, 3.8) is 0 Å². The van der Waals surface area contributed by atoms with Gasteiger partial charge in [-0.15, -0.1) is 0 Å². The molecule has 0 aromatic heterocycles. The molecule has 0 unspecified atom stereocenters. The lowest BCUT2D eigenvalue weighted by Gasteiger charge is -2.33. The van der Waals surface area contributed by atoms with E-state index in [4.69, 9.17) is 21.4 Å². The Kier molecular flexibility index (Phi) is 7.69. The number of aliphatic hydroxyl groups excluding tert-OH is 1. The van der Waals surface area contributed by atoms with Gasteiger partial charge in [-0.1, -0.05) is 30.9 Å². The van der Waals surface area contributed by atoms with Crippen molar-refractivity contribution in [1.82, 2.24) is 9.62 Å². The van der Waals surface area contributed by atoms with Crippen molar-refractivity contribution in [1.29, 1.82) is 0 Å². The monoisotopic (exact) mass is 404 g/mol. The number of hydrogen-bond acceptors (Lipinski definition) is 5. The van der Waals surface area contributed by atoms with Crippen molar-refractivity contribution in [2.45, 2.75) is 43.0 Å². The fourth-order valence-electron chi connectivity index (χ4n) is 3.12. The third-order valence-corrected chi connectivity index (χ3v) is 6.63. The molecule has 26 heavy (non-hydrogen) atoms. The lowest BCUT2D eigenvalue weighted by molar-refractivity contribution is -0.121. The predicted molar refractivity (Wildman–Crippen MR) is 98.9 cm³/mol. The number of rotatable bonds is 8. The molecule has 7 nitrogen and oxygen atoms in total. The Labute approximate surface area is 159 Å². The summed E-state index contributed by atoms with van der Waals surface area (Å²) in [4.78, 5) is 12.2. The number of carbonyl (C=O) groups is 1. The lowest BCUT2D eigenvalue weighted by Crippen LogP contribution is -2.47. The quantitative estimate of drug-likeness (QED) is 0.688. The molecule has 0 bridgehead atoms. The molecule has 146 valence electrons. The summed E-state index contributed by atoms with van der Waals surface area (Å²) in [6.07, 6.45) is 4.36. The first kappa shape index (κ1) is 21.0. The van der Waals surface area contributed by atoms with E-state index in [0.717, 1.165) is 32.1 Å². The second kappa shape index (κ2) is 9.55. The fraction of sp³-hybridized carbons (Fsp3) is 0.588. The van der Waals surface area contributed by atoms with Gasteiger partial charge in [0.2, 0.25) is 15.9 Å². The zero-order valence-electron chi connectivity index (χ0n) is 14.8. The van der Waals surface area contributed by atoms with Gasteiger partial charge in [0.25, 0.3) is 0 Å². The van der Waals surface area contributed by atoms with Crippen LogP contribution in [-0.2, 0) is 14.8 Å². The zero-order chi connectivity index (χ0) is 19.2. The highest BCUT2D eigenvalue weighted by Gasteiger charge is 2.34. The number of benzene rings is 1. The van der Waals surface area contributed by atoms with Crippen LogP contribution in [0.3, 0.4) is 0 Å². The number of hydrogen-bond donors (Lipinski definition) is 2. The van der Waals surface area contributed by atoms with Gasteiger partial charge in [0.1, 0.15) is 5.75 Å². The Morgan fingerprint density at radius 3 is 2.62 bits per heavy atom. The molecule has 0 heterocycles. The summed E-state index contributed by atoms with van der Waals surface area (Å²) in [6.45, 7) is -0.390. The topological polar surface area (TPSA) is 95.9 Å². The van der Waals surface area contributed by atoms with Crippen LogP contribution in [0.1, 0.15) is 32.1 Å². The molecule has 0 saturated heterocycles. The third kappa shape index (κ3) is 5.09. The maximum absolute atomic E-state index is 13.2. The highest BCUT2D eigenvalue weighted by molar-refractivity contribution is 7.89. The van der Waals surface area contributed by atoms with Crippen molar-refractivity contribution < 1.29 is 23.1 Å². The number of methoxy groups -OCH3 is 1. The molecule has 1 amide bonds. The Morgan fingerprint density at radius 1 is 1.35 bits per heavy atom. The Balaban J connectivity index is 2.32. The maximum Gasteiger partial charge on any atom is 0.243 e. The summed E-state index contributed by atoms with van der Waals surface area (Å²) in [5.74, 6) is -0.0525. The standard InChI is InChI=1S/C17H25ClN2O5S/c1-25-16-8-7-14(11-15(16)18)26(23,24)20(12-17(22)19-9-10-21)13-5-3-2-4-6-13/h7-8,11,13,21H,2-6,9-10,12H2,1H3,(H,19,22). The first-order valence-electron chi connectivity index (χ1n) is 8.63. The number of nitrogens with zero attached hydrogens (tertiary/aromatic N) is 1. The van der Waals surface area contributed by atoms with Crippen LogP contribution in [0.2, 0.25) is 5.02 Å². The summed E-state index contributed by atoms with van der Waals surface area (Å²) < 4.78 is 32.7. The minimum atomic E-state index is -3.90. The van der Waals surface area contributed by atoms with Crippen LogP contribution < -0.4 is 10.1 Å². The minimum absolute atomic E-state index is 0.0313. The van der Waals surface area contributed by atoms with Gasteiger partial charge in [0.05, 0.1) is 30.2 Å². The second-order valence-corrected chi connectivity index (χ2v) is 8.51. The molecule has 0 atom stereocenters. The van der Waals surface area contributed by atoms with Crippen molar-refractivity contribution in [3.8, 4) is 5.75 Å². The summed E-state index contributed by atoms with van der Waals surface area (Å²) >= 11 is 6.09. The molecule has 1 aromatic carbocycles. The van der Waals surface area contributed by atoms with Crippen LogP contribution in [0.15, 0.2) is 23.1 Å². The van der Waals surface area contributed by atoms with E-state index in [0.29, 0.717) is 5.75 Å². The number of carbonyl (C=O) groups excluding carboxylic acids is 1. The number of ether oxygens (including phenoxy) is 1. The van der Waals surface area contributed by atoms with Gasteiger partial charge in [-0.05, 0) is 31.0 Å². The molecule has 1 aliphatic carbocycles. The van der Waals surface area contributed by atoms with E-state index in [1.54, 1.807) is 0 Å². The predicted octanol–water partition coefficient (Wildman–Crippen LogP) is 1.78. The van der Waals surface area contributed by atoms with Crippen LogP contribution in [-0.4, -0.2) is 56.6 Å². The molecule has 0 radical (unpaired) electrons. The Morgan fingerprint density at radius 2 is 2.04 bits per heavy atom. The van der Waals surface area contributed by atoms with Gasteiger partial charge in [-0.2, -0.15) is 4.31 Å². The van der Waals surface area contributed by atoms with E-state index in [9.17, 15) is 13.2 Å². The number of halogens is 1. The molecular weight excluding hydrogens is 380 g/mol. The number of amides is 1. The van der Waals surface area contributed by atoms with Gasteiger partial charge in [-0.3, -0.25) is 4.79 Å². The van der Waals surface area contributed by atoms with Crippen LogP contribution in [0.5, 0.6) is 5.75 Å². The van der Waals surface area contributed by atoms with Gasteiger partial charge in [0, 0.05) is 12.6 Å². The van der Waals surface area contributed by atoms with E-state index in [1.165, 1.54) is 29.6 Å². The molecule has 1 aromatic rings. The summed E-state index contributed by atoms with van der Waals surface area (Å²) in [6, 6.07) is 4.05. The number of aliphatic hydroxyl groups is 1. The van der Waals surface area contributed by atoms with E-state index < -0.39 is 15.9 Å². The first-order valence-corrected chi connectivity index (χ1v) is 10.4. The number of nitrogens with one attached hydrogen (secondary N) is 1. The molecular formula is C17H25ClN2O5S. The van der Waals surface area contributed by atoms with Crippen molar-refractivity contribution in [2.24, 2.45) is 0 Å². The molecule has 0 aliphatic heterocycles. The van der Waals surface area contributed by atoms with Crippen molar-refractivity contribution >= 4 is 27.5 Å². The van der Waals surface area contributed by atoms with Crippen molar-refractivity contribution in [2.75, 3.05) is 26.8 Å². The zero-order valence-corrected chi connectivity index (χ0v) is 16.4. The van der Waals surface area contributed by atoms with Gasteiger partial charge in [-0.25, -0.2) is 8.42 Å². The average Bonchev–Trinajstić information content (AvgIpc) is 2.64. The maximum atomic E-state index is 13.2. The molecule has 9 heteroatoms. The van der Waals surface area contributed by atoms with Crippen LogP contribution in [0.4, 0.5) is 0 Å². The summed E-state index contributed by atoms with van der Waals surface area (Å²) in [5.41, 5.74) is 0. The highest BCUT2D eigenvalue weighted by Crippen LogP contribution is 2.31. The van der Waals surface area contributed by atoms with Crippen molar-refractivity contribution in [3.05, 3.63) is 23.2 Å². The van der Waals surface area contributed by atoms with Gasteiger partial charge < -0.3 is 15.2 Å². The highest BCUT2D eigenvalue weighted by atomic mass is 35.5. The molecule has 1 aliphatic rings. The van der Waals surface area contributed by atoms with E-state index >= 15 is 0 Å². The minimum Gasteiger partial charge on any atom is -0.495 e. The molecule has 1 fully saturated rings. The van der Waals surface area contributed by atoms with Gasteiger partial charge in [0.15, 0.2) is 0 Å². The lowest BCUT2D eigenvalue weighted by atomic mass is 9.95. The summed E-state index contributed by atoms with van der Waals surface area (Å²) in [7, 11) is -2.44. The molecule has 0 spiro atoms. The molecule has 2 N–H and O–H groups in total.